The van der Waals surface area contributed by atoms with Gasteiger partial charge in [-0.2, -0.15) is 11.8 Å². The molecule has 6 nitrogen and oxygen atoms in total. The highest BCUT2D eigenvalue weighted by molar-refractivity contribution is 7.99. The summed E-state index contributed by atoms with van der Waals surface area (Å²) < 4.78 is 25.9. The zero-order valence-corrected chi connectivity index (χ0v) is 13.6. The summed E-state index contributed by atoms with van der Waals surface area (Å²) in [6, 6.07) is 0. The Hall–Kier alpha value is -0.470. The van der Waals surface area contributed by atoms with Crippen LogP contribution in [0.5, 0.6) is 0 Å². The number of hydrogen-bond donors (Lipinski definition) is 2. The van der Waals surface area contributed by atoms with Crippen molar-refractivity contribution in [2.75, 3.05) is 50.5 Å². The summed E-state index contributed by atoms with van der Waals surface area (Å²) in [6.07, 6.45) is 2.57. The topological polar surface area (TPSA) is 73.8 Å². The highest BCUT2D eigenvalue weighted by Gasteiger charge is 2.24. The van der Waals surface area contributed by atoms with Crippen LogP contribution in [-0.4, -0.2) is 69.2 Å². The van der Waals surface area contributed by atoms with Crippen molar-refractivity contribution in [2.24, 2.45) is 10.9 Å². The smallest absolute Gasteiger partial charge is 0.215 e. The van der Waals surface area contributed by atoms with Crippen LogP contribution in [0.1, 0.15) is 12.8 Å². The fourth-order valence-electron chi connectivity index (χ4n) is 2.04. The molecule has 0 aromatic carbocycles. The van der Waals surface area contributed by atoms with Gasteiger partial charge in [-0.1, -0.05) is 0 Å². The molecule has 0 atom stereocenters. The Morgan fingerprint density at radius 2 is 2.00 bits per heavy atom. The Morgan fingerprint density at radius 3 is 2.60 bits per heavy atom. The van der Waals surface area contributed by atoms with Crippen LogP contribution in [0.15, 0.2) is 4.99 Å². The van der Waals surface area contributed by atoms with Gasteiger partial charge in [0, 0.05) is 44.7 Å². The largest absolute Gasteiger partial charge is 0.356 e. The van der Waals surface area contributed by atoms with Gasteiger partial charge in [0.25, 0.3) is 0 Å². The van der Waals surface area contributed by atoms with E-state index in [4.69, 9.17) is 0 Å². The summed E-state index contributed by atoms with van der Waals surface area (Å²) >= 11 is 1.81. The molecule has 0 spiro atoms. The lowest BCUT2D eigenvalue weighted by Gasteiger charge is -2.25. The molecule has 8 heteroatoms. The van der Waals surface area contributed by atoms with Crippen LogP contribution in [0.4, 0.5) is 0 Å². The van der Waals surface area contributed by atoms with Crippen LogP contribution in [0, 0.1) is 5.92 Å². The first kappa shape index (κ1) is 15.9. The van der Waals surface area contributed by atoms with Crippen molar-refractivity contribution >= 4 is 27.7 Å². The van der Waals surface area contributed by atoms with E-state index < -0.39 is 10.0 Å². The molecule has 0 radical (unpaired) electrons. The van der Waals surface area contributed by atoms with Crippen molar-refractivity contribution in [1.82, 2.24) is 14.9 Å². The maximum atomic E-state index is 12.1. The summed E-state index contributed by atoms with van der Waals surface area (Å²) in [5.74, 6) is 3.39. The number of sulfonamides is 1. The number of nitrogens with one attached hydrogen (secondary N) is 2. The van der Waals surface area contributed by atoms with Gasteiger partial charge in [-0.05, 0) is 18.8 Å². The van der Waals surface area contributed by atoms with Crippen molar-refractivity contribution in [3.05, 3.63) is 0 Å². The number of guanidine groups is 1. The molecule has 1 saturated heterocycles. The molecule has 2 N–H and O–H groups in total. The van der Waals surface area contributed by atoms with Crippen LogP contribution in [0.3, 0.4) is 0 Å². The molecule has 0 bridgehead atoms. The van der Waals surface area contributed by atoms with Crippen molar-refractivity contribution < 1.29 is 8.42 Å². The molecule has 116 valence electrons. The molecule has 1 saturated carbocycles. The lowest BCUT2D eigenvalue weighted by Crippen LogP contribution is -2.44. The van der Waals surface area contributed by atoms with Crippen LogP contribution >= 0.6 is 11.8 Å². The quantitative estimate of drug-likeness (QED) is 0.530. The molecule has 1 aliphatic carbocycles. The van der Waals surface area contributed by atoms with Gasteiger partial charge in [-0.15, -0.1) is 0 Å². The lowest BCUT2D eigenvalue weighted by molar-refractivity contribution is 0.443. The summed E-state index contributed by atoms with van der Waals surface area (Å²) in [5, 5.41) is 6.30. The summed E-state index contributed by atoms with van der Waals surface area (Å²) in [6.45, 7) is 2.61. The zero-order valence-electron chi connectivity index (χ0n) is 12.0. The molecule has 2 aliphatic rings. The van der Waals surface area contributed by atoms with Gasteiger partial charge >= 0.3 is 0 Å². The fraction of sp³-hybridized carbons (Fsp3) is 0.917. The second-order valence-electron chi connectivity index (χ2n) is 5.15. The number of hydrogen-bond acceptors (Lipinski definition) is 4. The second kappa shape index (κ2) is 7.51. The predicted octanol–water partition coefficient (Wildman–Crippen LogP) is -0.0600. The van der Waals surface area contributed by atoms with E-state index >= 15 is 0 Å². The second-order valence-corrected chi connectivity index (χ2v) is 8.46. The number of nitrogens with zero attached hydrogens (tertiary/aromatic N) is 2. The molecule has 0 aromatic heterocycles. The third-order valence-electron chi connectivity index (χ3n) is 3.49. The summed E-state index contributed by atoms with van der Waals surface area (Å²) in [5.41, 5.74) is 0. The Kier molecular flexibility index (Phi) is 5.98. The molecule has 1 heterocycles. The Labute approximate surface area is 125 Å². The van der Waals surface area contributed by atoms with Gasteiger partial charge in [0.2, 0.25) is 10.0 Å². The van der Waals surface area contributed by atoms with E-state index in [1.165, 1.54) is 12.8 Å². The van der Waals surface area contributed by atoms with Crippen molar-refractivity contribution in [1.29, 1.82) is 0 Å². The van der Waals surface area contributed by atoms with E-state index in [0.29, 0.717) is 25.6 Å². The van der Waals surface area contributed by atoms with Crippen LogP contribution in [0.2, 0.25) is 0 Å². The first-order chi connectivity index (χ1) is 9.62. The SMILES string of the molecule is CN=C(NCCS(=O)(=O)N1CCSCC1)NCC1CC1. The number of aliphatic imine (C=N–C) groups is 1. The maximum absolute atomic E-state index is 12.1. The highest BCUT2D eigenvalue weighted by Crippen LogP contribution is 2.27. The normalized spacial score (nSPS) is 21.8. The summed E-state index contributed by atoms with van der Waals surface area (Å²) in [7, 11) is -1.42. The highest BCUT2D eigenvalue weighted by atomic mass is 32.2. The Balaban J connectivity index is 1.69. The first-order valence-corrected chi connectivity index (χ1v) is 9.88. The van der Waals surface area contributed by atoms with Gasteiger partial charge in [-0.3, -0.25) is 4.99 Å². The van der Waals surface area contributed by atoms with Crippen molar-refractivity contribution in [3.63, 3.8) is 0 Å². The van der Waals surface area contributed by atoms with E-state index in [2.05, 4.69) is 15.6 Å². The zero-order chi connectivity index (χ0) is 14.4. The average molecular weight is 320 g/mol. The number of rotatable bonds is 6. The third kappa shape index (κ3) is 5.14. The molecular formula is C12H24N4O2S2. The van der Waals surface area contributed by atoms with E-state index in [9.17, 15) is 8.42 Å². The maximum Gasteiger partial charge on any atom is 0.215 e. The lowest BCUT2D eigenvalue weighted by atomic mass is 10.4. The van der Waals surface area contributed by atoms with E-state index in [-0.39, 0.29) is 5.75 Å². The third-order valence-corrected chi connectivity index (χ3v) is 6.31. The van der Waals surface area contributed by atoms with Gasteiger partial charge in [0.05, 0.1) is 5.75 Å². The molecule has 20 heavy (non-hydrogen) atoms. The first-order valence-electron chi connectivity index (χ1n) is 7.12. The average Bonchev–Trinajstić information content (AvgIpc) is 3.27. The van der Waals surface area contributed by atoms with Crippen molar-refractivity contribution in [3.8, 4) is 0 Å². The standard InChI is InChI=1S/C12H24N4O2S2/c1-13-12(15-10-11-2-3-11)14-4-9-20(17,18)16-5-7-19-8-6-16/h11H,2-10H2,1H3,(H2,13,14,15). The predicted molar refractivity (Wildman–Crippen MR) is 84.8 cm³/mol. The molecule has 0 amide bonds. The minimum atomic E-state index is -3.13. The van der Waals surface area contributed by atoms with E-state index in [0.717, 1.165) is 24.0 Å². The van der Waals surface area contributed by atoms with Gasteiger partial charge in [-0.25, -0.2) is 12.7 Å². The Bertz CT molecular complexity index is 429. The monoisotopic (exact) mass is 320 g/mol. The van der Waals surface area contributed by atoms with Gasteiger partial charge in [0.1, 0.15) is 0 Å². The van der Waals surface area contributed by atoms with Crippen molar-refractivity contribution in [2.45, 2.75) is 12.8 Å². The van der Waals surface area contributed by atoms with Crippen LogP contribution in [0.25, 0.3) is 0 Å². The molecule has 2 fully saturated rings. The molecule has 0 aromatic rings. The minimum Gasteiger partial charge on any atom is -0.356 e. The Morgan fingerprint density at radius 1 is 1.30 bits per heavy atom. The van der Waals surface area contributed by atoms with E-state index in [1.54, 1.807) is 11.4 Å². The molecule has 2 rings (SSSR count). The van der Waals surface area contributed by atoms with Gasteiger partial charge < -0.3 is 10.6 Å². The molecule has 1 aliphatic heterocycles. The number of thioether (sulfide) groups is 1. The molecule has 0 unspecified atom stereocenters. The summed E-state index contributed by atoms with van der Waals surface area (Å²) in [4.78, 5) is 4.10. The van der Waals surface area contributed by atoms with Gasteiger partial charge in [0.15, 0.2) is 5.96 Å². The van der Waals surface area contributed by atoms with E-state index in [1.807, 2.05) is 11.8 Å². The minimum absolute atomic E-state index is 0.127. The van der Waals surface area contributed by atoms with Crippen LogP contribution < -0.4 is 10.6 Å². The molecular weight excluding hydrogens is 296 g/mol. The fourth-order valence-corrected chi connectivity index (χ4v) is 4.53. The van der Waals surface area contributed by atoms with Crippen LogP contribution in [-0.2, 0) is 10.0 Å².